The van der Waals surface area contributed by atoms with E-state index in [4.69, 9.17) is 21.1 Å². The summed E-state index contributed by atoms with van der Waals surface area (Å²) in [5, 5.41) is 0.242. The predicted octanol–water partition coefficient (Wildman–Crippen LogP) is 3.32. The number of methoxy groups -OCH3 is 1. The van der Waals surface area contributed by atoms with Crippen molar-refractivity contribution in [2.24, 2.45) is 11.3 Å². The Hall–Kier alpha value is -2.26. The summed E-state index contributed by atoms with van der Waals surface area (Å²) in [6.07, 6.45) is 5.81. The maximum Gasteiger partial charge on any atom is 0.319 e. The second kappa shape index (κ2) is 9.31. The highest BCUT2D eigenvalue weighted by Crippen LogP contribution is 2.46. The van der Waals surface area contributed by atoms with E-state index in [1.54, 1.807) is 0 Å². The summed E-state index contributed by atoms with van der Waals surface area (Å²) >= 11 is 5.93. The maximum atomic E-state index is 14.9. The third-order valence-corrected chi connectivity index (χ3v) is 6.54. The summed E-state index contributed by atoms with van der Waals surface area (Å²) in [6.45, 7) is 2.65. The van der Waals surface area contributed by atoms with Crippen LogP contribution in [0.5, 0.6) is 6.01 Å². The van der Waals surface area contributed by atoms with Gasteiger partial charge < -0.3 is 19.3 Å². The van der Waals surface area contributed by atoms with E-state index in [9.17, 15) is 9.18 Å². The van der Waals surface area contributed by atoms with Crippen LogP contribution in [0.2, 0.25) is 5.15 Å². The number of hydrogen-bond acceptors (Lipinski definition) is 8. The molecule has 0 amide bonds. The number of pyridine rings is 1. The van der Waals surface area contributed by atoms with Crippen LogP contribution in [0.3, 0.4) is 0 Å². The Morgan fingerprint density at radius 3 is 2.78 bits per heavy atom. The van der Waals surface area contributed by atoms with Crippen LogP contribution < -0.4 is 9.64 Å². The number of halogens is 2. The Morgan fingerprint density at radius 2 is 2.09 bits per heavy atom. The van der Waals surface area contributed by atoms with E-state index in [2.05, 4.69) is 19.9 Å². The Kier molecular flexibility index (Phi) is 6.67. The first kappa shape index (κ1) is 22.9. The smallest absolute Gasteiger partial charge is 0.319 e. The number of esters is 1. The van der Waals surface area contributed by atoms with Gasteiger partial charge in [-0.25, -0.2) is 9.37 Å². The minimum absolute atomic E-state index is 0.0900. The standard InChI is InChI=1S/C22H29ClFN5O3/c1-28(2)12-22(7-8-22)13-32-21-26-17-15(11-25-18(23)16(17)24)19(27-21)29-9-4-5-14(6-10-29)20(30)31-3/h11,14H,4-10,12-13H2,1-3H3. The van der Waals surface area contributed by atoms with Crippen LogP contribution in [0.1, 0.15) is 32.1 Å². The van der Waals surface area contributed by atoms with Crippen LogP contribution in [-0.2, 0) is 9.53 Å². The van der Waals surface area contributed by atoms with E-state index in [0.717, 1.165) is 32.2 Å². The molecule has 2 aromatic heterocycles. The monoisotopic (exact) mass is 465 g/mol. The van der Waals surface area contributed by atoms with Crippen molar-refractivity contribution >= 4 is 34.3 Å². The molecule has 3 heterocycles. The van der Waals surface area contributed by atoms with Crippen LogP contribution in [0.25, 0.3) is 10.9 Å². The first-order valence-electron chi connectivity index (χ1n) is 10.9. The van der Waals surface area contributed by atoms with Gasteiger partial charge in [0.05, 0.1) is 25.0 Å². The lowest BCUT2D eigenvalue weighted by Crippen LogP contribution is -2.29. The van der Waals surface area contributed by atoms with Crippen LogP contribution in [-0.4, -0.2) is 73.3 Å². The largest absolute Gasteiger partial charge is 0.469 e. The average molecular weight is 466 g/mol. The molecular weight excluding hydrogens is 437 g/mol. The molecule has 1 saturated heterocycles. The van der Waals surface area contributed by atoms with E-state index in [-0.39, 0.29) is 34.0 Å². The molecule has 0 radical (unpaired) electrons. The Balaban J connectivity index is 1.63. The van der Waals surface area contributed by atoms with Crippen molar-refractivity contribution in [3.05, 3.63) is 17.2 Å². The first-order valence-corrected chi connectivity index (χ1v) is 11.3. The van der Waals surface area contributed by atoms with Crippen molar-refractivity contribution in [1.82, 2.24) is 19.9 Å². The molecule has 32 heavy (non-hydrogen) atoms. The number of anilines is 1. The fraction of sp³-hybridized carbons (Fsp3) is 0.636. The Bertz CT molecular complexity index is 1000. The molecule has 1 aliphatic heterocycles. The van der Waals surface area contributed by atoms with Gasteiger partial charge in [0, 0.05) is 31.2 Å². The van der Waals surface area contributed by atoms with Gasteiger partial charge in [0.1, 0.15) is 11.3 Å². The lowest BCUT2D eigenvalue weighted by molar-refractivity contribution is -0.145. The van der Waals surface area contributed by atoms with Gasteiger partial charge in [0.2, 0.25) is 0 Å². The summed E-state index contributed by atoms with van der Waals surface area (Å²) < 4.78 is 25.8. The number of aromatic nitrogens is 3. The second-order valence-corrected chi connectivity index (χ2v) is 9.48. The highest BCUT2D eigenvalue weighted by molar-refractivity contribution is 6.30. The summed E-state index contributed by atoms with van der Waals surface area (Å²) in [4.78, 5) is 29.1. The number of ether oxygens (including phenoxy) is 2. The number of carbonyl (C=O) groups excluding carboxylic acids is 1. The molecule has 10 heteroatoms. The SMILES string of the molecule is COC(=O)C1CCCN(c2nc(OCC3(CN(C)C)CC3)nc3c(F)c(Cl)ncc23)CC1. The number of rotatable bonds is 7. The molecule has 0 N–H and O–H groups in total. The fourth-order valence-corrected chi connectivity index (χ4v) is 4.57. The zero-order valence-corrected chi connectivity index (χ0v) is 19.5. The summed E-state index contributed by atoms with van der Waals surface area (Å²) in [5.74, 6) is -0.484. The number of hydrogen-bond donors (Lipinski definition) is 0. The van der Waals surface area contributed by atoms with Crippen molar-refractivity contribution in [3.63, 3.8) is 0 Å². The lowest BCUT2D eigenvalue weighted by Gasteiger charge is -2.24. The molecule has 2 fully saturated rings. The van der Waals surface area contributed by atoms with Crippen LogP contribution >= 0.6 is 11.6 Å². The molecule has 1 unspecified atom stereocenters. The van der Waals surface area contributed by atoms with E-state index < -0.39 is 5.82 Å². The average Bonchev–Trinajstić information content (AvgIpc) is 3.57. The molecule has 0 aromatic carbocycles. The van der Waals surface area contributed by atoms with Gasteiger partial charge in [-0.15, -0.1) is 0 Å². The first-order chi connectivity index (χ1) is 15.3. The molecule has 1 saturated carbocycles. The molecular formula is C22H29ClFN5O3. The minimum atomic E-state index is -0.686. The van der Waals surface area contributed by atoms with Gasteiger partial charge in [-0.05, 0) is 46.2 Å². The molecule has 2 aromatic rings. The van der Waals surface area contributed by atoms with Gasteiger partial charge in [0.15, 0.2) is 11.0 Å². The van der Waals surface area contributed by atoms with E-state index >= 15 is 0 Å². The van der Waals surface area contributed by atoms with E-state index in [1.165, 1.54) is 13.3 Å². The summed E-state index contributed by atoms with van der Waals surface area (Å²) in [6, 6.07) is 0.132. The van der Waals surface area contributed by atoms with Crippen molar-refractivity contribution in [1.29, 1.82) is 0 Å². The zero-order chi connectivity index (χ0) is 22.9. The van der Waals surface area contributed by atoms with Gasteiger partial charge in [0.25, 0.3) is 0 Å². The van der Waals surface area contributed by atoms with Gasteiger partial charge in [-0.1, -0.05) is 11.6 Å². The molecule has 4 rings (SSSR count). The van der Waals surface area contributed by atoms with Crippen molar-refractivity contribution in [3.8, 4) is 6.01 Å². The van der Waals surface area contributed by atoms with Gasteiger partial charge >= 0.3 is 12.0 Å². The molecule has 1 atom stereocenters. The highest BCUT2D eigenvalue weighted by atomic mass is 35.5. The number of carbonyl (C=O) groups is 1. The lowest BCUT2D eigenvalue weighted by atomic mass is 10.0. The molecule has 0 spiro atoms. The van der Waals surface area contributed by atoms with Crippen LogP contribution in [0.15, 0.2) is 6.20 Å². The molecule has 0 bridgehead atoms. The quantitative estimate of drug-likeness (QED) is 0.455. The topological polar surface area (TPSA) is 80.7 Å². The highest BCUT2D eigenvalue weighted by Gasteiger charge is 2.44. The zero-order valence-electron chi connectivity index (χ0n) is 18.7. The predicted molar refractivity (Wildman–Crippen MR) is 120 cm³/mol. The normalized spacial score (nSPS) is 20.3. The van der Waals surface area contributed by atoms with Crippen molar-refractivity contribution in [2.75, 3.05) is 52.3 Å². The third-order valence-electron chi connectivity index (χ3n) is 6.28. The number of nitrogens with zero attached hydrogens (tertiary/aromatic N) is 5. The summed E-state index contributed by atoms with van der Waals surface area (Å²) in [7, 11) is 5.49. The van der Waals surface area contributed by atoms with Crippen molar-refractivity contribution < 1.29 is 18.7 Å². The van der Waals surface area contributed by atoms with Gasteiger partial charge in [-0.2, -0.15) is 9.97 Å². The molecule has 8 nitrogen and oxygen atoms in total. The Morgan fingerprint density at radius 1 is 1.31 bits per heavy atom. The fourth-order valence-electron chi connectivity index (χ4n) is 4.43. The van der Waals surface area contributed by atoms with Gasteiger partial charge in [-0.3, -0.25) is 4.79 Å². The molecule has 174 valence electrons. The molecule has 1 aliphatic carbocycles. The van der Waals surface area contributed by atoms with Crippen LogP contribution in [0, 0.1) is 17.2 Å². The Labute approximate surface area is 192 Å². The second-order valence-electron chi connectivity index (χ2n) is 9.12. The third kappa shape index (κ3) is 4.88. The maximum absolute atomic E-state index is 14.9. The van der Waals surface area contributed by atoms with Crippen LogP contribution in [0.4, 0.5) is 10.2 Å². The number of fused-ring (bicyclic) bond motifs is 1. The minimum Gasteiger partial charge on any atom is -0.469 e. The van der Waals surface area contributed by atoms with E-state index in [0.29, 0.717) is 37.3 Å². The van der Waals surface area contributed by atoms with Crippen molar-refractivity contribution in [2.45, 2.75) is 32.1 Å². The van der Waals surface area contributed by atoms with E-state index in [1.807, 2.05) is 19.0 Å². The molecule has 2 aliphatic rings. The summed E-state index contributed by atoms with van der Waals surface area (Å²) in [5.41, 5.74) is 0.184.